The van der Waals surface area contributed by atoms with E-state index in [-0.39, 0.29) is 11.9 Å². The molecule has 1 fully saturated rings. The SMILES string of the molecule is Cc1ccc2c(C(=O)NC3CCC(CCN4C5C=CC4c4ccccc45)CC3)cccc2n1. The van der Waals surface area contributed by atoms with Crippen molar-refractivity contribution in [1.82, 2.24) is 15.2 Å². The highest BCUT2D eigenvalue weighted by atomic mass is 16.1. The lowest BCUT2D eigenvalue weighted by atomic mass is 9.84. The summed E-state index contributed by atoms with van der Waals surface area (Å²) in [6.45, 7) is 3.13. The van der Waals surface area contributed by atoms with Crippen LogP contribution in [0.1, 0.15) is 71.4 Å². The second-order valence-corrected chi connectivity index (χ2v) is 9.95. The number of pyridine rings is 1. The molecule has 33 heavy (non-hydrogen) atoms. The van der Waals surface area contributed by atoms with Gasteiger partial charge in [0.05, 0.1) is 17.6 Å². The van der Waals surface area contributed by atoms with Gasteiger partial charge in [-0.2, -0.15) is 0 Å². The molecular formula is C29H31N3O. The van der Waals surface area contributed by atoms with Gasteiger partial charge < -0.3 is 5.32 Å². The van der Waals surface area contributed by atoms with E-state index in [4.69, 9.17) is 0 Å². The van der Waals surface area contributed by atoms with E-state index in [9.17, 15) is 4.79 Å². The number of nitrogens with zero attached hydrogens (tertiary/aromatic N) is 2. The fraction of sp³-hybridized carbons (Fsp3) is 0.379. The van der Waals surface area contributed by atoms with Gasteiger partial charge in [-0.05, 0) is 74.3 Å². The molecule has 2 unspecified atom stereocenters. The molecular weight excluding hydrogens is 406 g/mol. The Morgan fingerprint density at radius 3 is 2.39 bits per heavy atom. The number of fused-ring (bicyclic) bond motifs is 6. The molecule has 1 aromatic heterocycles. The average molecular weight is 438 g/mol. The Morgan fingerprint density at radius 2 is 1.67 bits per heavy atom. The quantitative estimate of drug-likeness (QED) is 0.506. The van der Waals surface area contributed by atoms with Crippen LogP contribution in [0.4, 0.5) is 0 Å². The van der Waals surface area contributed by atoms with Crippen molar-refractivity contribution in [1.29, 1.82) is 0 Å². The normalized spacial score (nSPS) is 26.0. The highest BCUT2D eigenvalue weighted by molar-refractivity contribution is 6.06. The summed E-state index contributed by atoms with van der Waals surface area (Å²) in [6, 6.07) is 19.9. The van der Waals surface area contributed by atoms with Crippen molar-refractivity contribution in [3.63, 3.8) is 0 Å². The first kappa shape index (κ1) is 20.6. The predicted molar refractivity (Wildman–Crippen MR) is 132 cm³/mol. The van der Waals surface area contributed by atoms with E-state index in [0.717, 1.165) is 47.5 Å². The van der Waals surface area contributed by atoms with E-state index >= 15 is 0 Å². The zero-order valence-electron chi connectivity index (χ0n) is 19.2. The lowest BCUT2D eigenvalue weighted by Gasteiger charge is -2.31. The Balaban J connectivity index is 1.02. The Labute approximate surface area is 195 Å². The zero-order valence-corrected chi connectivity index (χ0v) is 19.2. The minimum atomic E-state index is 0.0344. The molecule has 6 rings (SSSR count). The van der Waals surface area contributed by atoms with Gasteiger partial charge in [-0.3, -0.25) is 14.7 Å². The van der Waals surface area contributed by atoms with E-state index in [2.05, 4.69) is 51.6 Å². The molecule has 1 amide bonds. The lowest BCUT2D eigenvalue weighted by Crippen LogP contribution is -2.38. The van der Waals surface area contributed by atoms with Crippen molar-refractivity contribution < 1.29 is 4.79 Å². The first-order valence-electron chi connectivity index (χ1n) is 12.4. The van der Waals surface area contributed by atoms with E-state index in [1.54, 1.807) is 0 Å². The molecule has 3 heterocycles. The second-order valence-electron chi connectivity index (χ2n) is 9.95. The van der Waals surface area contributed by atoms with Gasteiger partial charge in [0.1, 0.15) is 0 Å². The van der Waals surface area contributed by atoms with Crippen LogP contribution in [0, 0.1) is 12.8 Å². The number of hydrogen-bond donors (Lipinski definition) is 1. The summed E-state index contributed by atoms with van der Waals surface area (Å²) in [7, 11) is 0. The van der Waals surface area contributed by atoms with Gasteiger partial charge in [-0.25, -0.2) is 0 Å². The first-order chi connectivity index (χ1) is 16.2. The number of amides is 1. The van der Waals surface area contributed by atoms with Crippen molar-refractivity contribution >= 4 is 16.8 Å². The summed E-state index contributed by atoms with van der Waals surface area (Å²) in [5.41, 5.74) is 5.59. The molecule has 4 heteroatoms. The highest BCUT2D eigenvalue weighted by Crippen LogP contribution is 2.48. The summed E-state index contributed by atoms with van der Waals surface area (Å²) in [5.74, 6) is 0.790. The Bertz CT molecular complexity index is 1190. The largest absolute Gasteiger partial charge is 0.349 e. The molecule has 3 aromatic rings. The van der Waals surface area contributed by atoms with Gasteiger partial charge in [0, 0.05) is 29.2 Å². The van der Waals surface area contributed by atoms with Crippen LogP contribution in [0.15, 0.2) is 66.7 Å². The Kier molecular flexibility index (Phi) is 5.26. The third-order valence-electron chi connectivity index (χ3n) is 7.92. The number of rotatable bonds is 5. The number of aryl methyl sites for hydroxylation is 1. The Hall–Kier alpha value is -2.98. The Morgan fingerprint density at radius 1 is 0.939 bits per heavy atom. The number of nitrogens with one attached hydrogen (secondary N) is 1. The molecule has 2 aromatic carbocycles. The summed E-state index contributed by atoms with van der Waals surface area (Å²) >= 11 is 0. The third-order valence-corrected chi connectivity index (χ3v) is 7.92. The van der Waals surface area contributed by atoms with Crippen LogP contribution in [0.5, 0.6) is 0 Å². The zero-order chi connectivity index (χ0) is 22.4. The van der Waals surface area contributed by atoms with Crippen LogP contribution in [0.25, 0.3) is 10.9 Å². The van der Waals surface area contributed by atoms with E-state index < -0.39 is 0 Å². The van der Waals surface area contributed by atoms with Gasteiger partial charge in [0.2, 0.25) is 0 Å². The van der Waals surface area contributed by atoms with Crippen LogP contribution < -0.4 is 5.32 Å². The van der Waals surface area contributed by atoms with Gasteiger partial charge in [0.15, 0.2) is 0 Å². The molecule has 2 bridgehead atoms. The minimum absolute atomic E-state index is 0.0344. The van der Waals surface area contributed by atoms with Crippen molar-refractivity contribution in [3.05, 3.63) is 89.1 Å². The fourth-order valence-corrected chi connectivity index (χ4v) is 6.14. The molecule has 2 aliphatic heterocycles. The summed E-state index contributed by atoms with van der Waals surface area (Å²) < 4.78 is 0. The van der Waals surface area contributed by atoms with Crippen molar-refractivity contribution in [2.24, 2.45) is 5.92 Å². The van der Waals surface area contributed by atoms with Crippen LogP contribution >= 0.6 is 0 Å². The summed E-state index contributed by atoms with van der Waals surface area (Å²) in [6.07, 6.45) is 10.5. The van der Waals surface area contributed by atoms with Crippen LogP contribution in [-0.4, -0.2) is 28.4 Å². The van der Waals surface area contributed by atoms with Gasteiger partial charge in [-0.15, -0.1) is 0 Å². The summed E-state index contributed by atoms with van der Waals surface area (Å²) in [5, 5.41) is 4.24. The van der Waals surface area contributed by atoms with Gasteiger partial charge in [0.25, 0.3) is 5.91 Å². The van der Waals surface area contributed by atoms with Crippen LogP contribution in [-0.2, 0) is 0 Å². The molecule has 0 saturated heterocycles. The lowest BCUT2D eigenvalue weighted by molar-refractivity contribution is 0.0921. The maximum Gasteiger partial charge on any atom is 0.252 e. The first-order valence-corrected chi connectivity index (χ1v) is 12.4. The molecule has 1 aliphatic carbocycles. The molecule has 1 N–H and O–H groups in total. The topological polar surface area (TPSA) is 45.2 Å². The number of carbonyl (C=O) groups excluding carboxylic acids is 1. The standard InChI is InChI=1S/C29H31N3O/c1-19-9-14-22-25(7-4-8-26(22)30-19)29(33)31-21-12-10-20(11-13-21)17-18-32-27-15-16-28(32)24-6-3-2-5-23(24)27/h2-9,14-16,20-21,27-28H,10-13,17-18H2,1H3,(H,31,33). The maximum atomic E-state index is 13.0. The van der Waals surface area contributed by atoms with Crippen LogP contribution in [0.3, 0.4) is 0 Å². The van der Waals surface area contributed by atoms with Crippen LogP contribution in [0.2, 0.25) is 0 Å². The predicted octanol–water partition coefficient (Wildman–Crippen LogP) is 5.89. The average Bonchev–Trinajstić information content (AvgIpc) is 3.39. The molecule has 168 valence electrons. The van der Waals surface area contributed by atoms with Gasteiger partial charge >= 0.3 is 0 Å². The van der Waals surface area contributed by atoms with Crippen molar-refractivity contribution in [3.8, 4) is 0 Å². The number of aromatic nitrogens is 1. The van der Waals surface area contributed by atoms with Crippen molar-refractivity contribution in [2.45, 2.75) is 57.2 Å². The smallest absolute Gasteiger partial charge is 0.252 e. The third kappa shape index (κ3) is 3.76. The van der Waals surface area contributed by atoms with Gasteiger partial charge in [-0.1, -0.05) is 48.6 Å². The van der Waals surface area contributed by atoms with E-state index in [0.29, 0.717) is 12.1 Å². The van der Waals surface area contributed by atoms with Crippen molar-refractivity contribution in [2.75, 3.05) is 6.54 Å². The number of carbonyl (C=O) groups is 1. The molecule has 4 nitrogen and oxygen atoms in total. The van der Waals surface area contributed by atoms with E-state index in [1.807, 2.05) is 37.3 Å². The number of hydrogen-bond acceptors (Lipinski definition) is 3. The molecule has 1 saturated carbocycles. The minimum Gasteiger partial charge on any atom is -0.349 e. The number of benzene rings is 2. The maximum absolute atomic E-state index is 13.0. The monoisotopic (exact) mass is 437 g/mol. The van der Waals surface area contributed by atoms with E-state index in [1.165, 1.54) is 30.4 Å². The fourth-order valence-electron chi connectivity index (χ4n) is 6.14. The molecule has 0 radical (unpaired) electrons. The second kappa shape index (κ2) is 8.42. The molecule has 2 atom stereocenters. The summed E-state index contributed by atoms with van der Waals surface area (Å²) in [4.78, 5) is 20.3. The molecule has 3 aliphatic rings. The molecule has 0 spiro atoms. The highest BCUT2D eigenvalue weighted by Gasteiger charge is 2.39.